The van der Waals surface area contributed by atoms with Crippen molar-refractivity contribution < 1.29 is 14.3 Å². The molecule has 2 aromatic rings. The predicted octanol–water partition coefficient (Wildman–Crippen LogP) is 3.08. The molecule has 0 aliphatic rings. The maximum absolute atomic E-state index is 12.1. The number of carbonyl (C=O) groups excluding carboxylic acids is 1. The number of amides is 1. The highest BCUT2D eigenvalue weighted by molar-refractivity contribution is 6.04. The molecule has 2 rings (SSSR count). The standard InChI is InChI=1S/C15H16N2O3.ClH/c1-10-7-13(19-2)14(20-3)8-12(10)17-15(18)11-5-4-6-16-9-11;/h4-9H,1-3H3,(H,17,18);1H. The van der Waals surface area contributed by atoms with E-state index in [0.29, 0.717) is 22.7 Å². The monoisotopic (exact) mass is 308 g/mol. The molecule has 0 radical (unpaired) electrons. The minimum absolute atomic E-state index is 0. The number of nitrogens with zero attached hydrogens (tertiary/aromatic N) is 1. The third-order valence-corrected chi connectivity index (χ3v) is 2.90. The molecule has 1 aromatic carbocycles. The van der Waals surface area contributed by atoms with Crippen molar-refractivity contribution in [2.24, 2.45) is 0 Å². The Hall–Kier alpha value is -2.27. The fourth-order valence-electron chi connectivity index (χ4n) is 1.81. The number of benzene rings is 1. The maximum atomic E-state index is 12.1. The zero-order valence-corrected chi connectivity index (χ0v) is 12.9. The summed E-state index contributed by atoms with van der Waals surface area (Å²) in [6.45, 7) is 1.89. The molecule has 1 N–H and O–H groups in total. The first-order valence-corrected chi connectivity index (χ1v) is 6.09. The summed E-state index contributed by atoms with van der Waals surface area (Å²) in [5.74, 6) is 0.984. The van der Waals surface area contributed by atoms with Gasteiger partial charge in [0, 0.05) is 24.1 Å². The van der Waals surface area contributed by atoms with E-state index >= 15 is 0 Å². The van der Waals surface area contributed by atoms with Crippen molar-refractivity contribution >= 4 is 24.0 Å². The van der Waals surface area contributed by atoms with Crippen LogP contribution >= 0.6 is 12.4 Å². The Bertz CT molecular complexity index is 618. The molecule has 0 saturated heterocycles. The molecular weight excluding hydrogens is 292 g/mol. The van der Waals surface area contributed by atoms with Gasteiger partial charge in [-0.1, -0.05) is 0 Å². The van der Waals surface area contributed by atoms with Crippen LogP contribution in [0.1, 0.15) is 15.9 Å². The average Bonchev–Trinajstić information content (AvgIpc) is 2.49. The number of halogens is 1. The molecule has 0 saturated carbocycles. The van der Waals surface area contributed by atoms with E-state index in [2.05, 4.69) is 10.3 Å². The summed E-state index contributed by atoms with van der Waals surface area (Å²) in [7, 11) is 3.13. The number of aryl methyl sites for hydroxylation is 1. The van der Waals surface area contributed by atoms with Gasteiger partial charge in [-0.25, -0.2) is 0 Å². The van der Waals surface area contributed by atoms with Crippen molar-refractivity contribution in [1.29, 1.82) is 0 Å². The number of ether oxygens (including phenoxy) is 2. The third-order valence-electron chi connectivity index (χ3n) is 2.90. The molecule has 6 heteroatoms. The second-order valence-corrected chi connectivity index (χ2v) is 4.22. The molecule has 0 atom stereocenters. The lowest BCUT2D eigenvalue weighted by atomic mass is 10.1. The third kappa shape index (κ3) is 3.86. The van der Waals surface area contributed by atoms with Crippen molar-refractivity contribution in [2.75, 3.05) is 19.5 Å². The van der Waals surface area contributed by atoms with E-state index in [1.165, 1.54) is 6.20 Å². The van der Waals surface area contributed by atoms with Crippen LogP contribution in [0, 0.1) is 6.92 Å². The number of pyridine rings is 1. The number of anilines is 1. The van der Waals surface area contributed by atoms with E-state index in [9.17, 15) is 4.79 Å². The SMILES string of the molecule is COc1cc(C)c(NC(=O)c2cccnc2)cc1OC.Cl. The summed E-state index contributed by atoms with van der Waals surface area (Å²) >= 11 is 0. The van der Waals surface area contributed by atoms with E-state index < -0.39 is 0 Å². The summed E-state index contributed by atoms with van der Waals surface area (Å²) < 4.78 is 10.4. The molecule has 0 aliphatic heterocycles. The smallest absolute Gasteiger partial charge is 0.257 e. The first kappa shape index (κ1) is 16.8. The first-order chi connectivity index (χ1) is 9.65. The number of aromatic nitrogens is 1. The number of methoxy groups -OCH3 is 2. The van der Waals surface area contributed by atoms with Crippen LogP contribution in [0.3, 0.4) is 0 Å². The Morgan fingerprint density at radius 2 is 1.86 bits per heavy atom. The van der Waals surface area contributed by atoms with Crippen LogP contribution < -0.4 is 14.8 Å². The van der Waals surface area contributed by atoms with Crippen LogP contribution in [0.5, 0.6) is 11.5 Å². The van der Waals surface area contributed by atoms with Crippen molar-refractivity contribution in [1.82, 2.24) is 4.98 Å². The Morgan fingerprint density at radius 1 is 1.19 bits per heavy atom. The van der Waals surface area contributed by atoms with Crippen molar-refractivity contribution in [3.05, 3.63) is 47.8 Å². The van der Waals surface area contributed by atoms with Crippen LogP contribution in [0.2, 0.25) is 0 Å². The van der Waals surface area contributed by atoms with Gasteiger partial charge in [0.2, 0.25) is 0 Å². The van der Waals surface area contributed by atoms with Gasteiger partial charge in [0.15, 0.2) is 11.5 Å². The first-order valence-electron chi connectivity index (χ1n) is 6.09. The van der Waals surface area contributed by atoms with Gasteiger partial charge in [-0.15, -0.1) is 12.4 Å². The molecule has 0 bridgehead atoms. The summed E-state index contributed by atoms with van der Waals surface area (Å²) in [4.78, 5) is 16.0. The normalized spacial score (nSPS) is 9.48. The fourth-order valence-corrected chi connectivity index (χ4v) is 1.81. The molecule has 112 valence electrons. The highest BCUT2D eigenvalue weighted by Gasteiger charge is 2.12. The van der Waals surface area contributed by atoms with Crippen molar-refractivity contribution in [2.45, 2.75) is 6.92 Å². The van der Waals surface area contributed by atoms with Crippen molar-refractivity contribution in [3.63, 3.8) is 0 Å². The Morgan fingerprint density at radius 3 is 2.43 bits per heavy atom. The largest absolute Gasteiger partial charge is 0.493 e. The number of nitrogens with one attached hydrogen (secondary N) is 1. The maximum Gasteiger partial charge on any atom is 0.257 e. The number of hydrogen-bond acceptors (Lipinski definition) is 4. The van der Waals surface area contributed by atoms with E-state index in [1.54, 1.807) is 38.6 Å². The van der Waals surface area contributed by atoms with Gasteiger partial charge in [-0.2, -0.15) is 0 Å². The number of carbonyl (C=O) groups is 1. The second-order valence-electron chi connectivity index (χ2n) is 4.22. The Balaban J connectivity index is 0.00000220. The van der Waals surface area contributed by atoms with Crippen LogP contribution in [0.15, 0.2) is 36.7 Å². The highest BCUT2D eigenvalue weighted by atomic mass is 35.5. The molecule has 0 unspecified atom stereocenters. The van der Waals surface area contributed by atoms with Gasteiger partial charge in [0.05, 0.1) is 19.8 Å². The molecule has 5 nitrogen and oxygen atoms in total. The van der Waals surface area contributed by atoms with Gasteiger partial charge < -0.3 is 14.8 Å². The molecular formula is C15H17ClN2O3. The lowest BCUT2D eigenvalue weighted by Crippen LogP contribution is -2.13. The minimum atomic E-state index is -0.214. The van der Waals surface area contributed by atoms with Crippen LogP contribution in [-0.4, -0.2) is 25.1 Å². The van der Waals surface area contributed by atoms with E-state index in [-0.39, 0.29) is 18.3 Å². The van der Waals surface area contributed by atoms with Gasteiger partial charge in [0.1, 0.15) is 0 Å². The zero-order chi connectivity index (χ0) is 14.5. The molecule has 21 heavy (non-hydrogen) atoms. The summed E-state index contributed by atoms with van der Waals surface area (Å²) in [5.41, 5.74) is 2.07. The molecule has 1 amide bonds. The minimum Gasteiger partial charge on any atom is -0.493 e. The Labute approximate surface area is 129 Å². The van der Waals surface area contributed by atoms with Gasteiger partial charge in [-0.3, -0.25) is 9.78 Å². The fraction of sp³-hybridized carbons (Fsp3) is 0.200. The predicted molar refractivity (Wildman–Crippen MR) is 83.7 cm³/mol. The van der Waals surface area contributed by atoms with Crippen LogP contribution in [-0.2, 0) is 0 Å². The van der Waals surface area contributed by atoms with Gasteiger partial charge in [-0.05, 0) is 30.7 Å². The molecule has 1 aromatic heterocycles. The lowest BCUT2D eigenvalue weighted by molar-refractivity contribution is 0.102. The second kappa shape index (κ2) is 7.50. The number of hydrogen-bond donors (Lipinski definition) is 1. The summed E-state index contributed by atoms with van der Waals surface area (Å²) in [6.07, 6.45) is 3.14. The van der Waals surface area contributed by atoms with E-state index in [0.717, 1.165) is 5.56 Å². The molecule has 0 aliphatic carbocycles. The van der Waals surface area contributed by atoms with Crippen LogP contribution in [0.25, 0.3) is 0 Å². The molecule has 0 spiro atoms. The van der Waals surface area contributed by atoms with Gasteiger partial charge in [0.25, 0.3) is 5.91 Å². The topological polar surface area (TPSA) is 60.5 Å². The van der Waals surface area contributed by atoms with E-state index in [4.69, 9.17) is 9.47 Å². The highest BCUT2D eigenvalue weighted by Crippen LogP contribution is 2.33. The summed E-state index contributed by atoms with van der Waals surface area (Å²) in [6, 6.07) is 6.98. The molecule has 1 heterocycles. The lowest BCUT2D eigenvalue weighted by Gasteiger charge is -2.13. The summed E-state index contributed by atoms with van der Waals surface area (Å²) in [5, 5.41) is 2.84. The number of rotatable bonds is 4. The Kier molecular flexibility index (Phi) is 5.99. The van der Waals surface area contributed by atoms with E-state index in [1.807, 2.05) is 13.0 Å². The van der Waals surface area contributed by atoms with Crippen molar-refractivity contribution in [3.8, 4) is 11.5 Å². The van der Waals surface area contributed by atoms with Crippen LogP contribution in [0.4, 0.5) is 5.69 Å². The average molecular weight is 309 g/mol. The quantitative estimate of drug-likeness (QED) is 0.943. The molecule has 0 fully saturated rings. The van der Waals surface area contributed by atoms with Gasteiger partial charge >= 0.3 is 0 Å². The zero-order valence-electron chi connectivity index (χ0n) is 12.0.